The fourth-order valence-corrected chi connectivity index (χ4v) is 1.40. The molecule has 5 heteroatoms. The van der Waals surface area contributed by atoms with Gasteiger partial charge in [-0.3, -0.25) is 14.5 Å². The molecule has 0 aromatic heterocycles. The zero-order valence-corrected chi connectivity index (χ0v) is 8.10. The Morgan fingerprint density at radius 3 is 2.50 bits per heavy atom. The number of imide groups is 1. The van der Waals surface area contributed by atoms with Crippen LogP contribution in [0.4, 0.5) is 0 Å². The minimum absolute atomic E-state index is 0.367. The van der Waals surface area contributed by atoms with Crippen LogP contribution in [0.5, 0.6) is 0 Å². The van der Waals surface area contributed by atoms with E-state index in [-0.39, 0.29) is 6.42 Å². The molecule has 0 aromatic rings. The van der Waals surface area contributed by atoms with Gasteiger partial charge in [0.25, 0.3) is 5.91 Å². The quantitative estimate of drug-likeness (QED) is 0.443. The second-order valence-corrected chi connectivity index (χ2v) is 3.33. The second kappa shape index (κ2) is 3.51. The summed E-state index contributed by atoms with van der Waals surface area (Å²) in [6.07, 6.45) is 1.09. The van der Waals surface area contributed by atoms with Crippen molar-refractivity contribution in [1.82, 2.24) is 4.90 Å². The molecule has 0 aliphatic carbocycles. The Labute approximate surface area is 81.6 Å². The first kappa shape index (κ1) is 10.9. The molecule has 0 aromatic carbocycles. The first-order valence-electron chi connectivity index (χ1n) is 4.27. The third-order valence-electron chi connectivity index (χ3n) is 2.33. The molecule has 1 aliphatic heterocycles. The van der Waals surface area contributed by atoms with E-state index < -0.39 is 23.5 Å². The van der Waals surface area contributed by atoms with E-state index in [9.17, 15) is 19.8 Å². The number of hydrogen-bond donors (Lipinski definition) is 2. The van der Waals surface area contributed by atoms with Gasteiger partial charge >= 0.3 is 0 Å². The van der Waals surface area contributed by atoms with Crippen LogP contribution in [0.3, 0.4) is 0 Å². The molecular weight excluding hydrogens is 186 g/mol. The Morgan fingerprint density at radius 2 is 2.14 bits per heavy atom. The average molecular weight is 199 g/mol. The smallest absolute Gasteiger partial charge is 0.264 e. The van der Waals surface area contributed by atoms with Crippen molar-refractivity contribution in [3.8, 4) is 0 Å². The summed E-state index contributed by atoms with van der Waals surface area (Å²) in [5.41, 5.74) is -1.99. The predicted molar refractivity (Wildman–Crippen MR) is 48.2 cm³/mol. The van der Waals surface area contributed by atoms with Gasteiger partial charge in [-0.05, 0) is 6.92 Å². The molecule has 2 unspecified atom stereocenters. The van der Waals surface area contributed by atoms with Crippen LogP contribution < -0.4 is 0 Å². The highest BCUT2D eigenvalue weighted by Crippen LogP contribution is 2.27. The second-order valence-electron chi connectivity index (χ2n) is 3.33. The Hall–Kier alpha value is -1.20. The molecule has 78 valence electrons. The summed E-state index contributed by atoms with van der Waals surface area (Å²) in [7, 11) is 1.28. The van der Waals surface area contributed by atoms with Gasteiger partial charge in [0.15, 0.2) is 5.60 Å². The predicted octanol–water partition coefficient (Wildman–Crippen LogP) is -0.957. The summed E-state index contributed by atoms with van der Waals surface area (Å²) in [4.78, 5) is 23.4. The number of likely N-dealkylation sites (tertiary alicyclic amines) is 1. The number of carbonyl (C=O) groups is 2. The maximum absolute atomic E-state index is 11.4. The number of amides is 2. The summed E-state index contributed by atoms with van der Waals surface area (Å²) < 4.78 is 0. The van der Waals surface area contributed by atoms with E-state index in [1.165, 1.54) is 19.2 Å². The lowest BCUT2D eigenvalue weighted by molar-refractivity contribution is -0.150. The van der Waals surface area contributed by atoms with Crippen LogP contribution in [-0.4, -0.2) is 45.7 Å². The lowest BCUT2D eigenvalue weighted by atomic mass is 9.94. The molecule has 14 heavy (non-hydrogen) atoms. The molecule has 1 aliphatic rings. The van der Waals surface area contributed by atoms with Crippen molar-refractivity contribution in [3.05, 3.63) is 12.2 Å². The minimum Gasteiger partial charge on any atom is -0.385 e. The van der Waals surface area contributed by atoms with E-state index in [1.807, 2.05) is 0 Å². The Balaban J connectivity index is 2.96. The third-order valence-corrected chi connectivity index (χ3v) is 2.33. The van der Waals surface area contributed by atoms with Crippen molar-refractivity contribution in [1.29, 1.82) is 0 Å². The molecule has 2 atom stereocenters. The molecule has 0 spiro atoms. The summed E-state index contributed by atoms with van der Waals surface area (Å²) in [5.74, 6) is -1.24. The third kappa shape index (κ3) is 1.44. The molecule has 5 nitrogen and oxygen atoms in total. The standard InChI is InChI=1S/C9H13NO4/c1-3-4-6(11)9(14)5-7(12)10(2)8(9)13/h3-4,6,11,14H,5H2,1-2H3/b4-3+. The first-order chi connectivity index (χ1) is 6.43. The fourth-order valence-electron chi connectivity index (χ4n) is 1.40. The van der Waals surface area contributed by atoms with Crippen LogP contribution >= 0.6 is 0 Å². The first-order valence-corrected chi connectivity index (χ1v) is 4.27. The molecule has 0 saturated carbocycles. The summed E-state index contributed by atoms with van der Waals surface area (Å²) >= 11 is 0. The van der Waals surface area contributed by atoms with Crippen LogP contribution in [-0.2, 0) is 9.59 Å². The zero-order valence-electron chi connectivity index (χ0n) is 8.10. The molecule has 2 amide bonds. The summed E-state index contributed by atoms with van der Waals surface area (Å²) in [5, 5.41) is 19.3. The summed E-state index contributed by atoms with van der Waals surface area (Å²) in [6, 6.07) is 0. The van der Waals surface area contributed by atoms with Gasteiger partial charge in [0, 0.05) is 7.05 Å². The molecule has 1 heterocycles. The molecule has 1 rings (SSSR count). The summed E-state index contributed by atoms with van der Waals surface area (Å²) in [6.45, 7) is 1.65. The number of aliphatic hydroxyl groups is 2. The van der Waals surface area contributed by atoms with E-state index in [4.69, 9.17) is 0 Å². The van der Waals surface area contributed by atoms with E-state index in [2.05, 4.69) is 0 Å². The number of aliphatic hydroxyl groups excluding tert-OH is 1. The van der Waals surface area contributed by atoms with Crippen LogP contribution in [0.2, 0.25) is 0 Å². The van der Waals surface area contributed by atoms with Gasteiger partial charge in [-0.1, -0.05) is 12.2 Å². The molecule has 0 bridgehead atoms. The Bertz CT molecular complexity index is 299. The highest BCUT2D eigenvalue weighted by atomic mass is 16.4. The van der Waals surface area contributed by atoms with Crippen molar-refractivity contribution in [3.63, 3.8) is 0 Å². The van der Waals surface area contributed by atoms with Crippen molar-refractivity contribution in [2.45, 2.75) is 25.0 Å². The number of carbonyl (C=O) groups excluding carboxylic acids is 2. The van der Waals surface area contributed by atoms with Gasteiger partial charge in [0.2, 0.25) is 5.91 Å². The Kier molecular flexibility index (Phi) is 2.73. The van der Waals surface area contributed by atoms with Crippen LogP contribution in [0, 0.1) is 0 Å². The van der Waals surface area contributed by atoms with E-state index in [1.54, 1.807) is 6.92 Å². The number of likely N-dealkylation sites (N-methyl/N-ethyl adjacent to an activating group) is 1. The van der Waals surface area contributed by atoms with Crippen molar-refractivity contribution < 1.29 is 19.8 Å². The number of allylic oxidation sites excluding steroid dienone is 1. The Morgan fingerprint density at radius 1 is 1.57 bits per heavy atom. The minimum atomic E-state index is -1.99. The molecule has 2 N–H and O–H groups in total. The topological polar surface area (TPSA) is 77.8 Å². The molecule has 1 saturated heterocycles. The number of rotatable bonds is 2. The SMILES string of the molecule is C/C=C/C(O)C1(O)CC(=O)N(C)C1=O. The van der Waals surface area contributed by atoms with Gasteiger partial charge in [0.05, 0.1) is 6.42 Å². The van der Waals surface area contributed by atoms with E-state index in [0.717, 1.165) is 4.90 Å². The van der Waals surface area contributed by atoms with Crippen LogP contribution in [0.25, 0.3) is 0 Å². The van der Waals surface area contributed by atoms with Gasteiger partial charge in [-0.25, -0.2) is 0 Å². The maximum atomic E-state index is 11.4. The average Bonchev–Trinajstić information content (AvgIpc) is 2.32. The van der Waals surface area contributed by atoms with E-state index in [0.29, 0.717) is 0 Å². The van der Waals surface area contributed by atoms with Gasteiger partial charge in [-0.15, -0.1) is 0 Å². The van der Waals surface area contributed by atoms with Crippen LogP contribution in [0.15, 0.2) is 12.2 Å². The van der Waals surface area contributed by atoms with Crippen molar-refractivity contribution in [2.24, 2.45) is 0 Å². The molecular formula is C9H13NO4. The van der Waals surface area contributed by atoms with Crippen molar-refractivity contribution >= 4 is 11.8 Å². The molecule has 1 fully saturated rings. The van der Waals surface area contributed by atoms with Crippen LogP contribution in [0.1, 0.15) is 13.3 Å². The lowest BCUT2D eigenvalue weighted by Gasteiger charge is -2.23. The van der Waals surface area contributed by atoms with Crippen molar-refractivity contribution in [2.75, 3.05) is 7.05 Å². The zero-order chi connectivity index (χ0) is 10.9. The normalized spacial score (nSPS) is 30.4. The highest BCUT2D eigenvalue weighted by Gasteiger charge is 2.52. The largest absolute Gasteiger partial charge is 0.385 e. The van der Waals surface area contributed by atoms with Gasteiger partial charge in [0.1, 0.15) is 6.10 Å². The lowest BCUT2D eigenvalue weighted by Crippen LogP contribution is -2.47. The maximum Gasteiger partial charge on any atom is 0.264 e. The monoisotopic (exact) mass is 199 g/mol. The van der Waals surface area contributed by atoms with Gasteiger partial charge in [-0.2, -0.15) is 0 Å². The highest BCUT2D eigenvalue weighted by molar-refractivity contribution is 6.07. The molecule has 0 radical (unpaired) electrons. The number of hydrogen-bond acceptors (Lipinski definition) is 4. The fraction of sp³-hybridized carbons (Fsp3) is 0.556. The van der Waals surface area contributed by atoms with Gasteiger partial charge < -0.3 is 10.2 Å². The van der Waals surface area contributed by atoms with E-state index >= 15 is 0 Å². The number of nitrogens with zero attached hydrogens (tertiary/aromatic N) is 1.